The topological polar surface area (TPSA) is 0 Å². The number of aryl methyl sites for hydroxylation is 1. The summed E-state index contributed by atoms with van der Waals surface area (Å²) in [7, 11) is 0. The number of unbranched alkanes of at least 4 members (excludes halogenated alkanes) is 4. The monoisotopic (exact) mass is 430 g/mol. The van der Waals surface area contributed by atoms with Gasteiger partial charge in [0.15, 0.2) is 0 Å². The van der Waals surface area contributed by atoms with Crippen LogP contribution in [0.25, 0.3) is 33.0 Å². The molecule has 0 amide bonds. The van der Waals surface area contributed by atoms with Crippen molar-refractivity contribution in [3.8, 4) is 22.3 Å². The molecule has 2 heteroatoms. The first-order chi connectivity index (χ1) is 15.1. The largest absolute Gasteiger partial charge is 0.205 e. The second kappa shape index (κ2) is 10.1. The van der Waals surface area contributed by atoms with E-state index in [1.807, 2.05) is 18.2 Å². The van der Waals surface area contributed by atoms with Gasteiger partial charge in [0.05, 0.1) is 5.02 Å². The van der Waals surface area contributed by atoms with Crippen molar-refractivity contribution in [3.63, 3.8) is 0 Å². The summed E-state index contributed by atoms with van der Waals surface area (Å²) >= 11 is 5.80. The van der Waals surface area contributed by atoms with E-state index < -0.39 is 5.82 Å². The molecule has 0 aromatic heterocycles. The molecule has 31 heavy (non-hydrogen) atoms. The van der Waals surface area contributed by atoms with Gasteiger partial charge in [-0.25, -0.2) is 4.39 Å². The number of benzene rings is 4. The molecule has 0 aliphatic heterocycles. The first-order valence-electron chi connectivity index (χ1n) is 11.2. The minimum atomic E-state index is -0.391. The maximum atomic E-state index is 13.8. The van der Waals surface area contributed by atoms with Gasteiger partial charge in [-0.1, -0.05) is 105 Å². The lowest BCUT2D eigenvalue weighted by Gasteiger charge is -2.08. The number of hydrogen-bond donors (Lipinski definition) is 0. The van der Waals surface area contributed by atoms with E-state index in [1.54, 1.807) is 6.07 Å². The average Bonchev–Trinajstić information content (AvgIpc) is 2.80. The van der Waals surface area contributed by atoms with Gasteiger partial charge in [0.25, 0.3) is 0 Å². The van der Waals surface area contributed by atoms with E-state index in [2.05, 4.69) is 55.5 Å². The number of hydrogen-bond acceptors (Lipinski definition) is 0. The highest BCUT2D eigenvalue weighted by atomic mass is 35.5. The third kappa shape index (κ3) is 5.35. The second-order valence-corrected chi connectivity index (χ2v) is 8.67. The van der Waals surface area contributed by atoms with Crippen molar-refractivity contribution in [2.75, 3.05) is 0 Å². The minimum Gasteiger partial charge on any atom is -0.205 e. The fraction of sp³-hybridized carbons (Fsp3) is 0.241. The highest BCUT2D eigenvalue weighted by Crippen LogP contribution is 2.29. The molecule has 0 saturated carbocycles. The maximum absolute atomic E-state index is 13.8. The van der Waals surface area contributed by atoms with Gasteiger partial charge in [-0.2, -0.15) is 0 Å². The van der Waals surface area contributed by atoms with Crippen molar-refractivity contribution in [2.45, 2.75) is 45.4 Å². The van der Waals surface area contributed by atoms with Gasteiger partial charge in [-0.3, -0.25) is 0 Å². The maximum Gasteiger partial charge on any atom is 0.142 e. The zero-order valence-electron chi connectivity index (χ0n) is 18.0. The summed E-state index contributed by atoms with van der Waals surface area (Å²) in [5, 5.41) is 2.70. The van der Waals surface area contributed by atoms with Crippen LogP contribution in [0.5, 0.6) is 0 Å². The Labute approximate surface area is 189 Å². The molecular weight excluding hydrogens is 403 g/mol. The fourth-order valence-corrected chi connectivity index (χ4v) is 4.21. The molecule has 0 spiro atoms. The van der Waals surface area contributed by atoms with Gasteiger partial charge < -0.3 is 0 Å². The summed E-state index contributed by atoms with van der Waals surface area (Å²) in [6, 6.07) is 26.7. The molecule has 4 aromatic carbocycles. The molecule has 0 atom stereocenters. The molecule has 0 saturated heterocycles. The fourth-order valence-electron chi connectivity index (χ4n) is 4.09. The summed E-state index contributed by atoms with van der Waals surface area (Å²) in [5.41, 5.74) is 5.57. The van der Waals surface area contributed by atoms with Crippen LogP contribution in [0.4, 0.5) is 4.39 Å². The van der Waals surface area contributed by atoms with Crippen molar-refractivity contribution in [2.24, 2.45) is 0 Å². The van der Waals surface area contributed by atoms with Crippen molar-refractivity contribution < 1.29 is 4.39 Å². The Hall–Kier alpha value is -2.64. The van der Waals surface area contributed by atoms with E-state index >= 15 is 0 Å². The highest BCUT2D eigenvalue weighted by Gasteiger charge is 2.05. The third-order valence-electron chi connectivity index (χ3n) is 5.94. The quantitative estimate of drug-likeness (QED) is 0.244. The van der Waals surface area contributed by atoms with Crippen molar-refractivity contribution in [3.05, 3.63) is 95.3 Å². The van der Waals surface area contributed by atoms with Crippen LogP contribution in [0.2, 0.25) is 5.02 Å². The Kier molecular flexibility index (Phi) is 7.04. The summed E-state index contributed by atoms with van der Waals surface area (Å²) in [4.78, 5) is 0. The van der Waals surface area contributed by atoms with E-state index in [0.717, 1.165) is 23.1 Å². The van der Waals surface area contributed by atoms with Crippen LogP contribution in [0.3, 0.4) is 0 Å². The van der Waals surface area contributed by atoms with Gasteiger partial charge in [-0.05, 0) is 69.6 Å². The molecule has 0 N–H and O–H groups in total. The second-order valence-electron chi connectivity index (χ2n) is 8.27. The van der Waals surface area contributed by atoms with Crippen LogP contribution < -0.4 is 0 Å². The third-order valence-corrected chi connectivity index (χ3v) is 6.25. The van der Waals surface area contributed by atoms with Gasteiger partial charge in [0, 0.05) is 0 Å². The zero-order valence-corrected chi connectivity index (χ0v) is 18.8. The lowest BCUT2D eigenvalue weighted by molar-refractivity contribution is 0.629. The predicted octanol–water partition coefficient (Wildman–Crippen LogP) is 9.48. The van der Waals surface area contributed by atoms with Crippen molar-refractivity contribution >= 4 is 22.4 Å². The first-order valence-corrected chi connectivity index (χ1v) is 11.6. The Morgan fingerprint density at radius 3 is 1.90 bits per heavy atom. The zero-order chi connectivity index (χ0) is 21.6. The smallest absolute Gasteiger partial charge is 0.142 e. The minimum absolute atomic E-state index is 0.149. The highest BCUT2D eigenvalue weighted by molar-refractivity contribution is 6.30. The molecular formula is C29H28ClF. The Balaban J connectivity index is 1.49. The van der Waals surface area contributed by atoms with Gasteiger partial charge in [-0.15, -0.1) is 0 Å². The van der Waals surface area contributed by atoms with Crippen LogP contribution in [0.1, 0.15) is 44.6 Å². The Bertz CT molecular complexity index is 1160. The standard InChI is InChI=1S/C29H28ClF/c1-2-3-4-5-6-7-21-8-9-26-19-25(15-14-24(26)18-21)22-10-12-23(13-11-22)27-16-17-28(30)29(31)20-27/h8-20H,2-7H2,1H3. The van der Waals surface area contributed by atoms with Crippen molar-refractivity contribution in [1.82, 2.24) is 0 Å². The molecule has 4 rings (SSSR count). The van der Waals surface area contributed by atoms with E-state index in [-0.39, 0.29) is 5.02 Å². The van der Waals surface area contributed by atoms with Crippen LogP contribution in [-0.2, 0) is 6.42 Å². The lowest BCUT2D eigenvalue weighted by Crippen LogP contribution is -1.87. The predicted molar refractivity (Wildman–Crippen MR) is 132 cm³/mol. The molecule has 158 valence electrons. The van der Waals surface area contributed by atoms with E-state index in [4.69, 9.17) is 11.6 Å². The summed E-state index contributed by atoms with van der Waals surface area (Å²) in [6.45, 7) is 2.26. The van der Waals surface area contributed by atoms with Crippen molar-refractivity contribution in [1.29, 1.82) is 0 Å². The van der Waals surface area contributed by atoms with Crippen LogP contribution >= 0.6 is 11.6 Å². The molecule has 0 unspecified atom stereocenters. The number of halogens is 2. The molecule has 0 aliphatic carbocycles. The van der Waals surface area contributed by atoms with E-state index in [0.29, 0.717) is 0 Å². The molecule has 0 fully saturated rings. The Morgan fingerprint density at radius 1 is 0.613 bits per heavy atom. The SMILES string of the molecule is CCCCCCCc1ccc2cc(-c3ccc(-c4ccc(Cl)c(F)c4)cc3)ccc2c1. The van der Waals surface area contributed by atoms with Crippen LogP contribution in [0.15, 0.2) is 78.9 Å². The van der Waals surface area contributed by atoms with E-state index in [9.17, 15) is 4.39 Å². The molecule has 0 aliphatic rings. The molecule has 0 nitrogen and oxygen atoms in total. The number of rotatable bonds is 8. The van der Waals surface area contributed by atoms with E-state index in [1.165, 1.54) is 60.1 Å². The first kappa shape index (κ1) is 21.6. The summed E-state index contributed by atoms with van der Waals surface area (Å²) < 4.78 is 13.8. The Morgan fingerprint density at radius 2 is 1.19 bits per heavy atom. The lowest BCUT2D eigenvalue weighted by atomic mass is 9.97. The van der Waals surface area contributed by atoms with Crippen LogP contribution in [-0.4, -0.2) is 0 Å². The van der Waals surface area contributed by atoms with Gasteiger partial charge in [0.1, 0.15) is 5.82 Å². The molecule has 4 aromatic rings. The average molecular weight is 431 g/mol. The molecule has 0 radical (unpaired) electrons. The van der Waals surface area contributed by atoms with Gasteiger partial charge >= 0.3 is 0 Å². The number of fused-ring (bicyclic) bond motifs is 1. The van der Waals surface area contributed by atoms with Crippen LogP contribution in [0, 0.1) is 5.82 Å². The molecule has 0 bridgehead atoms. The normalized spacial score (nSPS) is 11.2. The summed E-state index contributed by atoms with van der Waals surface area (Å²) in [6.07, 6.45) is 7.74. The van der Waals surface area contributed by atoms with Gasteiger partial charge in [0.2, 0.25) is 0 Å². The summed E-state index contributed by atoms with van der Waals surface area (Å²) in [5.74, 6) is -0.391. The molecule has 0 heterocycles.